The fourth-order valence-electron chi connectivity index (χ4n) is 7.71. The molecule has 206 valence electrons. The lowest BCUT2D eigenvalue weighted by Crippen LogP contribution is -2.18. The summed E-state index contributed by atoms with van der Waals surface area (Å²) in [6.07, 6.45) is 0. The molecule has 0 atom stereocenters. The highest BCUT2D eigenvalue weighted by Crippen LogP contribution is 2.58. The number of fused-ring (bicyclic) bond motifs is 8. The van der Waals surface area contributed by atoms with E-state index in [1.165, 1.54) is 77.9 Å². The van der Waals surface area contributed by atoms with Gasteiger partial charge in [-0.25, -0.2) is 0 Å². The molecule has 0 aromatic heterocycles. The minimum atomic E-state index is -0.144. The Labute approximate surface area is 250 Å². The first kappa shape index (κ1) is 25.1. The summed E-state index contributed by atoms with van der Waals surface area (Å²) in [6, 6.07) is 45.2. The number of para-hydroxylation sites is 1. The van der Waals surface area contributed by atoms with Crippen molar-refractivity contribution < 1.29 is 1.43 Å². The van der Waals surface area contributed by atoms with Crippen molar-refractivity contribution in [3.05, 3.63) is 149 Å². The zero-order valence-electron chi connectivity index (χ0n) is 25.0. The highest BCUT2D eigenvalue weighted by Gasteiger charge is 2.42. The predicted octanol–water partition coefficient (Wildman–Crippen LogP) is 11.5. The molecule has 1 nitrogen and oxygen atoms in total. The van der Waals surface area contributed by atoms with E-state index in [9.17, 15) is 0 Å². The van der Waals surface area contributed by atoms with Gasteiger partial charge < -0.3 is 4.90 Å². The van der Waals surface area contributed by atoms with Gasteiger partial charge in [0.1, 0.15) is 0 Å². The Balaban J connectivity index is 0.00000300. The average Bonchev–Trinajstić information content (AvgIpc) is 3.36. The van der Waals surface area contributed by atoms with Crippen LogP contribution in [0.4, 0.5) is 17.1 Å². The molecule has 0 unspecified atom stereocenters. The van der Waals surface area contributed by atoms with E-state index < -0.39 is 0 Å². The highest BCUT2D eigenvalue weighted by molar-refractivity contribution is 6.10. The van der Waals surface area contributed by atoms with Gasteiger partial charge in [0, 0.05) is 29.0 Å². The standard InChI is InChI=1S/C41H35N.H2/c1-26-14-13-17-28(22-26)42(27-15-7-6-8-16-27)38-25-37-39(31-20-10-9-19-30(31)38)33-24-35-32(23-36(33)41(37,4)5)29-18-11-12-21-34(29)40(35,2)3;/h6-25H,1-5H3;1H/i;1+1. The smallest absolute Gasteiger partial charge is 0.0543 e. The van der Waals surface area contributed by atoms with Gasteiger partial charge in [0.25, 0.3) is 0 Å². The zero-order valence-corrected chi connectivity index (χ0v) is 25.0. The van der Waals surface area contributed by atoms with Gasteiger partial charge in [-0.15, -0.1) is 0 Å². The van der Waals surface area contributed by atoms with Gasteiger partial charge in [-0.1, -0.05) is 107 Å². The summed E-state index contributed by atoms with van der Waals surface area (Å²) in [5.41, 5.74) is 15.9. The number of benzene rings is 6. The Bertz CT molecular complexity index is 2050. The van der Waals surface area contributed by atoms with Crippen molar-refractivity contribution in [3.63, 3.8) is 0 Å². The van der Waals surface area contributed by atoms with Crippen molar-refractivity contribution in [1.29, 1.82) is 0 Å². The van der Waals surface area contributed by atoms with Gasteiger partial charge in [-0.3, -0.25) is 0 Å². The molecule has 0 heterocycles. The van der Waals surface area contributed by atoms with Crippen LogP contribution in [0.15, 0.2) is 121 Å². The van der Waals surface area contributed by atoms with Crippen molar-refractivity contribution in [2.45, 2.75) is 45.4 Å². The highest BCUT2D eigenvalue weighted by atomic mass is 15.1. The first-order chi connectivity index (χ1) is 20.3. The number of nitrogens with zero attached hydrogens (tertiary/aromatic N) is 1. The van der Waals surface area contributed by atoms with Crippen LogP contribution in [0.2, 0.25) is 0 Å². The predicted molar refractivity (Wildman–Crippen MR) is 181 cm³/mol. The number of anilines is 3. The normalized spacial score (nSPS) is 15.2. The van der Waals surface area contributed by atoms with Crippen LogP contribution in [0, 0.1) is 6.92 Å². The lowest BCUT2D eigenvalue weighted by Gasteiger charge is -2.30. The molecule has 0 N–H and O–H groups in total. The molecule has 42 heavy (non-hydrogen) atoms. The lowest BCUT2D eigenvalue weighted by atomic mass is 9.79. The van der Waals surface area contributed by atoms with Gasteiger partial charge in [0.2, 0.25) is 0 Å². The van der Waals surface area contributed by atoms with E-state index in [1.54, 1.807) is 0 Å². The molecule has 0 bridgehead atoms. The van der Waals surface area contributed by atoms with E-state index in [4.69, 9.17) is 0 Å². The van der Waals surface area contributed by atoms with Crippen LogP contribution in [-0.4, -0.2) is 0 Å². The van der Waals surface area contributed by atoms with Crippen LogP contribution < -0.4 is 4.90 Å². The maximum Gasteiger partial charge on any atom is 0.0543 e. The molecule has 0 spiro atoms. The Kier molecular flexibility index (Phi) is 5.20. The summed E-state index contributed by atoms with van der Waals surface area (Å²) in [6.45, 7) is 11.8. The molecule has 2 aliphatic carbocycles. The Morgan fingerprint density at radius 1 is 0.476 bits per heavy atom. The quantitative estimate of drug-likeness (QED) is 0.214. The van der Waals surface area contributed by atoms with E-state index >= 15 is 0 Å². The SMILES string of the molecule is Cc1cccc(N(c2ccccc2)c2cc3c(c4ccccc24)-c2cc4c(cc2C3(C)C)-c2ccccc2C4(C)C)c1.[2HH]. The second-order valence-electron chi connectivity index (χ2n) is 13.1. The minimum Gasteiger partial charge on any atom is -0.310 e. The van der Waals surface area contributed by atoms with E-state index in [2.05, 4.69) is 161 Å². The van der Waals surface area contributed by atoms with Crippen LogP contribution in [-0.2, 0) is 10.8 Å². The Morgan fingerprint density at radius 2 is 1.10 bits per heavy atom. The first-order valence-corrected chi connectivity index (χ1v) is 15.0. The maximum absolute atomic E-state index is 2.53. The van der Waals surface area contributed by atoms with E-state index in [1.807, 2.05) is 0 Å². The van der Waals surface area contributed by atoms with Crippen LogP contribution in [0.5, 0.6) is 0 Å². The van der Waals surface area contributed by atoms with Crippen LogP contribution in [0.1, 0.15) is 56.9 Å². The molecular formula is C41H37N. The van der Waals surface area contributed by atoms with Crippen molar-refractivity contribution in [1.82, 2.24) is 0 Å². The summed E-state index contributed by atoms with van der Waals surface area (Å²) in [5.74, 6) is 0. The van der Waals surface area contributed by atoms with Gasteiger partial charge in [-0.05, 0) is 105 Å². The number of aryl methyl sites for hydroxylation is 1. The van der Waals surface area contributed by atoms with E-state index in [-0.39, 0.29) is 12.3 Å². The first-order valence-electron chi connectivity index (χ1n) is 15.0. The van der Waals surface area contributed by atoms with Crippen molar-refractivity contribution in [3.8, 4) is 22.3 Å². The van der Waals surface area contributed by atoms with Gasteiger partial charge in [-0.2, -0.15) is 0 Å². The van der Waals surface area contributed by atoms with Crippen molar-refractivity contribution in [2.75, 3.05) is 4.90 Å². The molecule has 8 rings (SSSR count). The van der Waals surface area contributed by atoms with Crippen molar-refractivity contribution >= 4 is 27.8 Å². The van der Waals surface area contributed by atoms with Crippen LogP contribution >= 0.6 is 0 Å². The van der Waals surface area contributed by atoms with Crippen molar-refractivity contribution in [2.24, 2.45) is 0 Å². The van der Waals surface area contributed by atoms with Gasteiger partial charge >= 0.3 is 0 Å². The summed E-state index contributed by atoms with van der Waals surface area (Å²) >= 11 is 0. The molecule has 0 saturated heterocycles. The molecule has 0 radical (unpaired) electrons. The molecule has 0 fully saturated rings. The van der Waals surface area contributed by atoms with E-state index in [0.29, 0.717) is 0 Å². The number of hydrogen-bond acceptors (Lipinski definition) is 1. The molecule has 6 aromatic carbocycles. The number of hydrogen-bond donors (Lipinski definition) is 0. The zero-order chi connectivity index (χ0) is 28.8. The Hall–Kier alpha value is -4.62. The summed E-state index contributed by atoms with van der Waals surface area (Å²) < 4.78 is 0. The summed E-state index contributed by atoms with van der Waals surface area (Å²) in [4.78, 5) is 2.44. The second-order valence-corrected chi connectivity index (χ2v) is 13.1. The fourth-order valence-corrected chi connectivity index (χ4v) is 7.71. The fraction of sp³-hybridized carbons (Fsp3) is 0.171. The Morgan fingerprint density at radius 3 is 1.88 bits per heavy atom. The van der Waals surface area contributed by atoms with Gasteiger partial charge in [0.15, 0.2) is 0 Å². The molecule has 6 aromatic rings. The van der Waals surface area contributed by atoms with E-state index in [0.717, 1.165) is 0 Å². The van der Waals surface area contributed by atoms with Crippen LogP contribution in [0.25, 0.3) is 33.0 Å². The lowest BCUT2D eigenvalue weighted by molar-refractivity contribution is 0.652. The molecule has 0 amide bonds. The molecule has 2 aliphatic rings. The third kappa shape index (κ3) is 3.37. The molecular weight excluding hydrogens is 506 g/mol. The minimum absolute atomic E-state index is 0. The molecule has 1 heteroatoms. The third-order valence-corrected chi connectivity index (χ3v) is 9.88. The number of rotatable bonds is 3. The maximum atomic E-state index is 2.53. The summed E-state index contributed by atoms with van der Waals surface area (Å²) in [7, 11) is 0. The molecule has 0 aliphatic heterocycles. The second kappa shape index (κ2) is 8.69. The summed E-state index contributed by atoms with van der Waals surface area (Å²) in [5, 5.41) is 2.59. The monoisotopic (exact) mass is 544 g/mol. The average molecular weight is 545 g/mol. The third-order valence-electron chi connectivity index (χ3n) is 9.88. The topological polar surface area (TPSA) is 3.24 Å². The van der Waals surface area contributed by atoms with Crippen LogP contribution in [0.3, 0.4) is 0 Å². The largest absolute Gasteiger partial charge is 0.310 e. The molecule has 0 saturated carbocycles. The van der Waals surface area contributed by atoms with Gasteiger partial charge in [0.05, 0.1) is 5.69 Å².